The molecular formula is C15H16F2N4O4. The number of fused-ring (bicyclic) bond motifs is 1. The first kappa shape index (κ1) is 17.1. The third kappa shape index (κ3) is 3.12. The van der Waals surface area contributed by atoms with E-state index in [0.717, 1.165) is 12.3 Å². The van der Waals surface area contributed by atoms with Gasteiger partial charge in [0.25, 0.3) is 0 Å². The van der Waals surface area contributed by atoms with Gasteiger partial charge in [0.05, 0.1) is 18.1 Å². The van der Waals surface area contributed by atoms with Gasteiger partial charge in [0.15, 0.2) is 17.4 Å². The number of aryl methyl sites for hydroxylation is 1. The van der Waals surface area contributed by atoms with Crippen LogP contribution in [0.25, 0.3) is 11.0 Å². The van der Waals surface area contributed by atoms with Gasteiger partial charge < -0.3 is 25.0 Å². The van der Waals surface area contributed by atoms with E-state index in [1.807, 2.05) is 6.92 Å². The number of halogens is 2. The maximum atomic E-state index is 14.4. The van der Waals surface area contributed by atoms with Crippen LogP contribution in [0.4, 0.5) is 19.4 Å². The van der Waals surface area contributed by atoms with Crippen LogP contribution >= 0.6 is 0 Å². The molecule has 0 aromatic carbocycles. The lowest BCUT2D eigenvalue weighted by Gasteiger charge is -2.46. The van der Waals surface area contributed by atoms with Crippen LogP contribution < -0.4 is 20.8 Å². The molecule has 1 saturated heterocycles. The highest BCUT2D eigenvalue weighted by atomic mass is 19.1. The maximum Gasteiger partial charge on any atom is 0.511 e. The van der Waals surface area contributed by atoms with Gasteiger partial charge in [-0.15, -0.1) is 0 Å². The fraction of sp³-hybridized carbons (Fsp3) is 0.400. The Hall–Kier alpha value is -2.75. The third-order valence-corrected chi connectivity index (χ3v) is 3.88. The summed E-state index contributed by atoms with van der Waals surface area (Å²) >= 11 is 0. The van der Waals surface area contributed by atoms with E-state index in [1.165, 1.54) is 4.57 Å². The number of anilines is 1. The number of nitrogens with zero attached hydrogens (tertiary/aromatic N) is 3. The van der Waals surface area contributed by atoms with E-state index in [-0.39, 0.29) is 23.4 Å². The molecule has 1 aliphatic heterocycles. The summed E-state index contributed by atoms with van der Waals surface area (Å²) in [4.78, 5) is 28.8. The van der Waals surface area contributed by atoms with Crippen LogP contribution in [-0.2, 0) is 6.54 Å². The van der Waals surface area contributed by atoms with E-state index >= 15 is 0 Å². The zero-order valence-electron chi connectivity index (χ0n) is 13.3. The molecular weight excluding hydrogens is 338 g/mol. The second-order valence-electron chi connectivity index (χ2n) is 6.25. The van der Waals surface area contributed by atoms with E-state index in [4.69, 9.17) is 10.8 Å². The van der Waals surface area contributed by atoms with E-state index in [1.54, 1.807) is 4.90 Å². The number of ether oxygens (including phenoxy) is 1. The van der Waals surface area contributed by atoms with Crippen molar-refractivity contribution in [2.75, 3.05) is 24.7 Å². The second-order valence-corrected chi connectivity index (χ2v) is 6.25. The quantitative estimate of drug-likeness (QED) is 0.791. The minimum absolute atomic E-state index is 0.00864. The predicted octanol–water partition coefficient (Wildman–Crippen LogP) is 1.10. The Bertz CT molecular complexity index is 905. The zero-order chi connectivity index (χ0) is 18.4. The van der Waals surface area contributed by atoms with Gasteiger partial charge in [-0.05, 0) is 13.0 Å². The molecule has 0 unspecified atom stereocenters. The molecule has 25 heavy (non-hydrogen) atoms. The topological polar surface area (TPSA) is 111 Å². The Balaban J connectivity index is 2.16. The normalized spacial score (nSPS) is 15.9. The van der Waals surface area contributed by atoms with E-state index in [2.05, 4.69) is 9.72 Å². The number of rotatable bonds is 4. The minimum atomic E-state index is -1.70. The average molecular weight is 354 g/mol. The van der Waals surface area contributed by atoms with Gasteiger partial charge in [0.1, 0.15) is 12.3 Å². The Kier molecular flexibility index (Phi) is 4.07. The SMILES string of the molecule is CC1(N)CN(c2nc3c(cc2F)c(=O)c(OC(=O)O)cn3CCF)C1. The summed E-state index contributed by atoms with van der Waals surface area (Å²) in [6.45, 7) is 1.60. The molecule has 0 spiro atoms. The van der Waals surface area contributed by atoms with Crippen LogP contribution in [0, 0.1) is 5.82 Å². The molecule has 1 fully saturated rings. The maximum absolute atomic E-state index is 14.4. The van der Waals surface area contributed by atoms with Crippen LogP contribution in [0.2, 0.25) is 0 Å². The number of nitrogens with two attached hydrogens (primary N) is 1. The first-order valence-electron chi connectivity index (χ1n) is 7.46. The average Bonchev–Trinajstić information content (AvgIpc) is 2.49. The summed E-state index contributed by atoms with van der Waals surface area (Å²) in [6.07, 6.45) is -0.646. The van der Waals surface area contributed by atoms with Gasteiger partial charge >= 0.3 is 6.16 Å². The molecule has 8 nitrogen and oxygen atoms in total. The smallest absolute Gasteiger partial charge is 0.449 e. The van der Waals surface area contributed by atoms with Crippen LogP contribution in [0.1, 0.15) is 6.92 Å². The molecule has 3 rings (SSSR count). The molecule has 3 N–H and O–H groups in total. The first-order chi connectivity index (χ1) is 11.7. The van der Waals surface area contributed by atoms with E-state index in [9.17, 15) is 18.4 Å². The molecule has 10 heteroatoms. The molecule has 0 aliphatic carbocycles. The van der Waals surface area contributed by atoms with Gasteiger partial charge in [-0.1, -0.05) is 0 Å². The fourth-order valence-electron chi connectivity index (χ4n) is 2.88. The summed E-state index contributed by atoms with van der Waals surface area (Å²) in [5.74, 6) is -1.28. The third-order valence-electron chi connectivity index (χ3n) is 3.88. The number of hydrogen-bond donors (Lipinski definition) is 2. The van der Waals surface area contributed by atoms with E-state index in [0.29, 0.717) is 13.1 Å². The van der Waals surface area contributed by atoms with Crippen molar-refractivity contribution >= 4 is 23.0 Å². The largest absolute Gasteiger partial charge is 0.511 e. The highest BCUT2D eigenvalue weighted by Crippen LogP contribution is 2.28. The van der Waals surface area contributed by atoms with Crippen LogP contribution in [-0.4, -0.2) is 46.1 Å². The standard InChI is InChI=1S/C15H16F2N4O4/c1-15(18)6-21(7-15)13-9(17)4-8-11(22)10(25-14(23)24)5-20(3-2-16)12(8)19-13/h4-5H,2-3,6-7,18H2,1H3,(H,23,24). The van der Waals surface area contributed by atoms with Crippen molar-refractivity contribution in [3.63, 3.8) is 0 Å². The summed E-state index contributed by atoms with van der Waals surface area (Å²) < 4.78 is 32.9. The number of hydrogen-bond acceptors (Lipinski definition) is 6. The van der Waals surface area contributed by atoms with E-state index < -0.39 is 35.4 Å². The van der Waals surface area contributed by atoms with Gasteiger partial charge in [-0.25, -0.2) is 18.6 Å². The molecule has 0 atom stereocenters. The fourth-order valence-corrected chi connectivity index (χ4v) is 2.88. The van der Waals surface area contributed by atoms with Crippen molar-refractivity contribution in [1.29, 1.82) is 0 Å². The number of carboxylic acid groups (broad SMARTS) is 1. The Morgan fingerprint density at radius 2 is 2.20 bits per heavy atom. The lowest BCUT2D eigenvalue weighted by atomic mass is 9.94. The zero-order valence-corrected chi connectivity index (χ0v) is 13.3. The highest BCUT2D eigenvalue weighted by Gasteiger charge is 2.37. The lowest BCUT2D eigenvalue weighted by Crippen LogP contribution is -2.66. The molecule has 2 aromatic rings. The van der Waals surface area contributed by atoms with Crippen molar-refractivity contribution in [2.24, 2.45) is 5.73 Å². The number of carbonyl (C=O) groups is 1. The Morgan fingerprint density at radius 1 is 1.52 bits per heavy atom. The van der Waals surface area contributed by atoms with Crippen LogP contribution in [0.5, 0.6) is 5.75 Å². The first-order valence-corrected chi connectivity index (χ1v) is 7.46. The van der Waals surface area contributed by atoms with Crippen LogP contribution in [0.3, 0.4) is 0 Å². The minimum Gasteiger partial charge on any atom is -0.449 e. The Morgan fingerprint density at radius 3 is 2.76 bits per heavy atom. The molecule has 0 bridgehead atoms. The molecule has 134 valence electrons. The monoisotopic (exact) mass is 354 g/mol. The Labute approximate surface area is 140 Å². The molecule has 0 radical (unpaired) electrons. The van der Waals surface area contributed by atoms with Gasteiger partial charge in [0.2, 0.25) is 5.43 Å². The van der Waals surface area contributed by atoms with Crippen molar-refractivity contribution in [2.45, 2.75) is 19.0 Å². The summed E-state index contributed by atoms with van der Waals surface area (Å²) in [7, 11) is 0. The number of alkyl halides is 1. The molecule has 0 saturated carbocycles. The predicted molar refractivity (Wildman–Crippen MR) is 85.4 cm³/mol. The van der Waals surface area contributed by atoms with Gasteiger partial charge in [-0.2, -0.15) is 0 Å². The molecule has 3 heterocycles. The van der Waals surface area contributed by atoms with Crippen molar-refractivity contribution in [3.8, 4) is 5.75 Å². The summed E-state index contributed by atoms with van der Waals surface area (Å²) in [5, 5.41) is 8.50. The summed E-state index contributed by atoms with van der Waals surface area (Å²) in [5.41, 5.74) is 4.66. The van der Waals surface area contributed by atoms with Gasteiger partial charge in [-0.3, -0.25) is 4.79 Å². The molecule has 2 aromatic heterocycles. The molecule has 0 amide bonds. The summed E-state index contributed by atoms with van der Waals surface area (Å²) in [6, 6.07) is 0.954. The van der Waals surface area contributed by atoms with Crippen molar-refractivity contribution in [3.05, 3.63) is 28.3 Å². The second kappa shape index (κ2) is 5.96. The number of pyridine rings is 2. The highest BCUT2D eigenvalue weighted by molar-refractivity contribution is 5.80. The van der Waals surface area contributed by atoms with Crippen LogP contribution in [0.15, 0.2) is 17.1 Å². The van der Waals surface area contributed by atoms with Crippen molar-refractivity contribution < 1.29 is 23.4 Å². The lowest BCUT2D eigenvalue weighted by molar-refractivity contribution is 0.143. The molecule has 1 aliphatic rings. The van der Waals surface area contributed by atoms with Gasteiger partial charge in [0, 0.05) is 18.6 Å². The van der Waals surface area contributed by atoms with Crippen molar-refractivity contribution in [1.82, 2.24) is 9.55 Å². The number of aromatic nitrogens is 2.